The lowest BCUT2D eigenvalue weighted by atomic mass is 9.92. The van der Waals surface area contributed by atoms with Gasteiger partial charge in [0.25, 0.3) is 5.91 Å². The molecular weight excluding hydrogens is 471 g/mol. The summed E-state index contributed by atoms with van der Waals surface area (Å²) in [6.45, 7) is -0.586. The van der Waals surface area contributed by atoms with Crippen LogP contribution in [0, 0.1) is 23.7 Å². The summed E-state index contributed by atoms with van der Waals surface area (Å²) < 4.78 is 41.2. The number of hydrogen-bond donors (Lipinski definition) is 3. The number of nitrogens with zero attached hydrogens (tertiary/aromatic N) is 1. The molecule has 2 saturated carbocycles. The fraction of sp³-hybridized carbons (Fsp3) is 0.826. The summed E-state index contributed by atoms with van der Waals surface area (Å²) in [6, 6.07) is -2.28. The second-order valence-electron chi connectivity index (χ2n) is 10.3. The quantitative estimate of drug-likeness (QED) is 0.407. The predicted octanol–water partition coefficient (Wildman–Crippen LogP) is 0.891. The molecule has 2 aliphatic carbocycles. The Balaban J connectivity index is 1.48. The van der Waals surface area contributed by atoms with E-state index in [4.69, 9.17) is 0 Å². The van der Waals surface area contributed by atoms with Crippen molar-refractivity contribution in [2.24, 2.45) is 23.7 Å². The number of aliphatic hydroxyl groups excluding tert-OH is 1. The molecule has 0 aromatic carbocycles. The number of rotatable bonds is 10. The minimum absolute atomic E-state index is 0.0890. The molecule has 196 valence electrons. The highest BCUT2D eigenvalue weighted by molar-refractivity contribution is 5.95. The lowest BCUT2D eigenvalue weighted by Gasteiger charge is -2.30. The Hall–Kier alpha value is -2.21. The highest BCUT2D eigenvalue weighted by Crippen LogP contribution is 2.43. The van der Waals surface area contributed by atoms with E-state index in [1.54, 1.807) is 0 Å². The van der Waals surface area contributed by atoms with E-state index in [0.717, 1.165) is 25.7 Å². The predicted molar refractivity (Wildman–Crippen MR) is 114 cm³/mol. The zero-order chi connectivity index (χ0) is 25.3. The Morgan fingerprint density at radius 2 is 1.89 bits per heavy atom. The largest absolute Gasteiger partial charge is 0.522 e. The standard InChI is InChI=1S/C23H32F3N3O6/c24-23(25,26)35-11-18(31)16(9-13-6-7-27-20(13)32)28-21(33)19-15-3-1-2-14(15)10-29(19)22(34)17(30)8-12-4-5-12/h12-17,19,30H,1-11H2,(H,27,32)(H,28,33)/t13-,14-,15-,16-,17+,19-/m0/s1. The van der Waals surface area contributed by atoms with E-state index in [0.29, 0.717) is 38.3 Å². The zero-order valence-electron chi connectivity index (χ0n) is 19.4. The van der Waals surface area contributed by atoms with Crippen LogP contribution in [0.15, 0.2) is 0 Å². The zero-order valence-corrected chi connectivity index (χ0v) is 19.4. The number of fused-ring (bicyclic) bond motifs is 1. The highest BCUT2D eigenvalue weighted by Gasteiger charge is 2.51. The number of amides is 3. The van der Waals surface area contributed by atoms with Gasteiger partial charge in [0.15, 0.2) is 5.78 Å². The van der Waals surface area contributed by atoms with E-state index in [-0.39, 0.29) is 24.2 Å². The molecule has 3 amide bonds. The molecule has 6 atom stereocenters. The van der Waals surface area contributed by atoms with Crippen LogP contribution in [-0.2, 0) is 23.9 Å². The molecule has 4 rings (SSSR count). The van der Waals surface area contributed by atoms with Gasteiger partial charge >= 0.3 is 6.36 Å². The Bertz CT molecular complexity index is 849. The van der Waals surface area contributed by atoms with E-state index in [2.05, 4.69) is 15.4 Å². The van der Waals surface area contributed by atoms with Crippen molar-refractivity contribution in [3.63, 3.8) is 0 Å². The Labute approximate surface area is 201 Å². The molecular formula is C23H32F3N3O6. The number of hydrogen-bond acceptors (Lipinski definition) is 6. The average Bonchev–Trinajstić information content (AvgIpc) is 3.16. The summed E-state index contributed by atoms with van der Waals surface area (Å²) in [5.74, 6) is -2.88. The van der Waals surface area contributed by atoms with Crippen LogP contribution in [0.5, 0.6) is 0 Å². The van der Waals surface area contributed by atoms with Gasteiger partial charge in [-0.15, -0.1) is 13.2 Å². The number of Topliss-reactive ketones (excluding diaryl/α,β-unsaturated/α-hetero) is 1. The van der Waals surface area contributed by atoms with Crippen molar-refractivity contribution < 1.29 is 42.2 Å². The summed E-state index contributed by atoms with van der Waals surface area (Å²) >= 11 is 0. The Kier molecular flexibility index (Phi) is 7.70. The Morgan fingerprint density at radius 3 is 2.51 bits per heavy atom. The second kappa shape index (κ2) is 10.4. The van der Waals surface area contributed by atoms with Crippen molar-refractivity contribution in [3.05, 3.63) is 0 Å². The summed E-state index contributed by atoms with van der Waals surface area (Å²) in [7, 11) is 0. The minimum atomic E-state index is -5.02. The van der Waals surface area contributed by atoms with Crippen LogP contribution in [0.25, 0.3) is 0 Å². The van der Waals surface area contributed by atoms with Gasteiger partial charge in [-0.25, -0.2) is 0 Å². The second-order valence-corrected chi connectivity index (χ2v) is 10.3. The number of aliphatic hydroxyl groups is 1. The molecule has 2 heterocycles. The monoisotopic (exact) mass is 503 g/mol. The van der Waals surface area contributed by atoms with Gasteiger partial charge in [-0.05, 0) is 49.9 Å². The SMILES string of the molecule is O=C1NCC[C@H]1C[C@H](NC(=O)[C@@H]1[C@H]2CCC[C@H]2CN1C(=O)[C@H](O)CC1CC1)C(=O)COC(F)(F)F. The number of ketones is 1. The topological polar surface area (TPSA) is 125 Å². The average molecular weight is 504 g/mol. The molecule has 0 spiro atoms. The Morgan fingerprint density at radius 1 is 1.14 bits per heavy atom. The molecule has 2 aliphatic heterocycles. The fourth-order valence-corrected chi connectivity index (χ4v) is 5.77. The molecule has 0 radical (unpaired) electrons. The lowest BCUT2D eigenvalue weighted by Crippen LogP contribution is -2.55. The van der Waals surface area contributed by atoms with Crippen LogP contribution < -0.4 is 10.6 Å². The van der Waals surface area contributed by atoms with Crippen molar-refractivity contribution in [1.29, 1.82) is 0 Å². The summed E-state index contributed by atoms with van der Waals surface area (Å²) in [5, 5.41) is 15.6. The number of halogens is 3. The van der Waals surface area contributed by atoms with Gasteiger partial charge in [0, 0.05) is 19.0 Å². The van der Waals surface area contributed by atoms with E-state index in [9.17, 15) is 37.5 Å². The number of ether oxygens (including phenoxy) is 1. The van der Waals surface area contributed by atoms with Gasteiger partial charge in [-0.2, -0.15) is 0 Å². The fourth-order valence-electron chi connectivity index (χ4n) is 5.77. The van der Waals surface area contributed by atoms with Crippen LogP contribution in [0.2, 0.25) is 0 Å². The minimum Gasteiger partial charge on any atom is -0.383 e. The summed E-state index contributed by atoms with van der Waals surface area (Å²) in [6.07, 6.45) is -1.32. The van der Waals surface area contributed by atoms with Gasteiger partial charge in [-0.1, -0.05) is 19.3 Å². The maximum absolute atomic E-state index is 13.4. The molecule has 4 fully saturated rings. The van der Waals surface area contributed by atoms with Crippen LogP contribution in [0.1, 0.15) is 51.4 Å². The van der Waals surface area contributed by atoms with Gasteiger partial charge in [-0.3, -0.25) is 23.9 Å². The van der Waals surface area contributed by atoms with Crippen molar-refractivity contribution in [3.8, 4) is 0 Å². The van der Waals surface area contributed by atoms with Crippen molar-refractivity contribution in [1.82, 2.24) is 15.5 Å². The first-order valence-corrected chi connectivity index (χ1v) is 12.3. The van der Waals surface area contributed by atoms with E-state index >= 15 is 0 Å². The third-order valence-electron chi connectivity index (χ3n) is 7.75. The first kappa shape index (κ1) is 25.9. The molecule has 9 nitrogen and oxygen atoms in total. The third-order valence-corrected chi connectivity index (χ3v) is 7.75. The van der Waals surface area contributed by atoms with Crippen molar-refractivity contribution in [2.45, 2.75) is 75.9 Å². The first-order chi connectivity index (χ1) is 16.5. The van der Waals surface area contributed by atoms with Crippen molar-refractivity contribution >= 4 is 23.5 Å². The molecule has 2 saturated heterocycles. The molecule has 35 heavy (non-hydrogen) atoms. The summed E-state index contributed by atoms with van der Waals surface area (Å²) in [4.78, 5) is 52.5. The van der Waals surface area contributed by atoms with E-state index in [1.807, 2.05) is 0 Å². The number of alkyl halides is 3. The molecule has 3 N–H and O–H groups in total. The number of carbonyl (C=O) groups excluding carboxylic acids is 4. The molecule has 0 bridgehead atoms. The van der Waals surface area contributed by atoms with Gasteiger partial charge < -0.3 is 20.6 Å². The van der Waals surface area contributed by atoms with Crippen LogP contribution in [0.3, 0.4) is 0 Å². The van der Waals surface area contributed by atoms with Crippen LogP contribution in [-0.4, -0.2) is 77.8 Å². The van der Waals surface area contributed by atoms with E-state index < -0.39 is 54.7 Å². The summed E-state index contributed by atoms with van der Waals surface area (Å²) in [5.41, 5.74) is 0. The molecule has 0 aromatic rings. The van der Waals surface area contributed by atoms with Crippen molar-refractivity contribution in [2.75, 3.05) is 19.7 Å². The van der Waals surface area contributed by atoms with Crippen LogP contribution in [0.4, 0.5) is 13.2 Å². The van der Waals surface area contributed by atoms with Gasteiger partial charge in [0.1, 0.15) is 18.8 Å². The molecule has 4 aliphatic rings. The normalized spacial score (nSPS) is 30.1. The molecule has 12 heteroatoms. The van der Waals surface area contributed by atoms with Gasteiger partial charge in [0.05, 0.1) is 6.04 Å². The third kappa shape index (κ3) is 6.32. The first-order valence-electron chi connectivity index (χ1n) is 12.3. The highest BCUT2D eigenvalue weighted by atomic mass is 19.4. The smallest absolute Gasteiger partial charge is 0.383 e. The number of likely N-dealkylation sites (tertiary alicyclic amines) is 1. The van der Waals surface area contributed by atoms with E-state index in [1.165, 1.54) is 4.90 Å². The maximum Gasteiger partial charge on any atom is 0.522 e. The van der Waals surface area contributed by atoms with Gasteiger partial charge in [0.2, 0.25) is 11.8 Å². The molecule has 0 aromatic heterocycles. The lowest BCUT2D eigenvalue weighted by molar-refractivity contribution is -0.321. The molecule has 0 unspecified atom stereocenters. The van der Waals surface area contributed by atoms with Crippen LogP contribution >= 0.6 is 0 Å². The number of nitrogens with one attached hydrogen (secondary N) is 2. The maximum atomic E-state index is 13.4. The number of carbonyl (C=O) groups is 4.